The Morgan fingerprint density at radius 1 is 1.44 bits per heavy atom. The zero-order chi connectivity index (χ0) is 12.5. The number of piperazine rings is 1. The van der Waals surface area contributed by atoms with Crippen LogP contribution in [0.3, 0.4) is 0 Å². The van der Waals surface area contributed by atoms with E-state index in [0.29, 0.717) is 6.54 Å². The van der Waals surface area contributed by atoms with E-state index in [1.165, 1.54) is 16.8 Å². The predicted octanol–water partition coefficient (Wildman–Crippen LogP) is -0.415. The quantitative estimate of drug-likeness (QED) is 0.457. The Balaban J connectivity index is 2.81. The molecule has 0 saturated carbocycles. The van der Waals surface area contributed by atoms with E-state index in [-0.39, 0.29) is 17.7 Å². The Bertz CT molecular complexity index is 270. The molecule has 94 valence electrons. The largest absolute Gasteiger partial charge is 0.405 e. The zero-order valence-electron chi connectivity index (χ0n) is 9.21. The molecular weight excluding hydrogens is 241 g/mol. The molecule has 2 unspecified atom stereocenters. The lowest BCUT2D eigenvalue weighted by molar-refractivity contribution is -0.420. The van der Waals surface area contributed by atoms with E-state index < -0.39 is 12.2 Å². The number of halogens is 3. The third-order valence-corrected chi connectivity index (χ3v) is 3.28. The molecule has 0 radical (unpaired) electrons. The standard InChI is InChI=1S/C8H15F3N4S/c1-5-3-15(7(16)13-12)4-6(14(5)2)8(9,10)11/h5-6H,3-4,12H2,1-2H3,(H,13,16)/p+1. The Labute approximate surface area is 97.5 Å². The molecule has 2 atom stereocenters. The number of hydrogen-bond donors (Lipinski definition) is 2. The molecule has 4 nitrogen and oxygen atoms in total. The van der Waals surface area contributed by atoms with E-state index in [2.05, 4.69) is 11.3 Å². The summed E-state index contributed by atoms with van der Waals surface area (Å²) in [4.78, 5) is 2.84. The third-order valence-electron chi connectivity index (χ3n) is 2.88. The number of nitrogens with one attached hydrogen (secondary N) is 1. The lowest BCUT2D eigenvalue weighted by atomic mass is 10.1. The van der Waals surface area contributed by atoms with Crippen molar-refractivity contribution in [1.82, 2.24) is 15.2 Å². The second-order valence-corrected chi connectivity index (χ2v) is 4.35. The molecule has 0 aromatic heterocycles. The first kappa shape index (κ1) is 13.5. The van der Waals surface area contributed by atoms with Crippen LogP contribution in [0.2, 0.25) is 0 Å². The lowest BCUT2D eigenvalue weighted by Crippen LogP contribution is -2.72. The van der Waals surface area contributed by atoms with Crippen molar-refractivity contribution in [2.45, 2.75) is 25.2 Å². The van der Waals surface area contributed by atoms with Crippen LogP contribution >= 0.6 is 12.2 Å². The molecule has 4 N–H and O–H groups in total. The Hall–Kier alpha value is -0.600. The van der Waals surface area contributed by atoms with Crippen LogP contribution in [-0.2, 0) is 0 Å². The highest BCUT2D eigenvalue weighted by molar-refractivity contribution is 7.80. The van der Waals surface area contributed by atoms with Gasteiger partial charge in [0.2, 0.25) is 5.11 Å². The summed E-state index contributed by atoms with van der Waals surface area (Å²) in [5, 5.41) is 0.259. The highest BCUT2D eigenvalue weighted by Crippen LogP contribution is 2.28. The van der Waals surface area contributed by atoms with Crippen LogP contribution in [0.1, 0.15) is 6.92 Å². The number of quaternary nitrogens is 1. The molecule has 1 aliphatic heterocycles. The molecule has 0 aromatic carbocycles. The fourth-order valence-electron chi connectivity index (χ4n) is 1.78. The molecule has 0 aliphatic carbocycles. The maximum absolute atomic E-state index is 12.8. The summed E-state index contributed by atoms with van der Waals surface area (Å²) in [5.74, 6) is 3.36. The van der Waals surface area contributed by atoms with Gasteiger partial charge in [-0.3, -0.25) is 10.7 Å². The maximum atomic E-state index is 12.8. The first-order chi connectivity index (χ1) is 7.27. The number of hydrogen-bond acceptors (Lipinski definition) is 2. The molecule has 0 bridgehead atoms. The fraction of sp³-hybridized carbons (Fsp3) is 0.875. The third kappa shape index (κ3) is 2.74. The lowest BCUT2D eigenvalue weighted by Gasteiger charge is -2.44. The van der Waals surface area contributed by atoms with Crippen LogP contribution < -0.4 is 11.3 Å². The van der Waals surface area contributed by atoms with Gasteiger partial charge >= 0.3 is 6.18 Å². The highest BCUT2D eigenvalue weighted by Gasteiger charge is 2.47. The number of rotatable bonds is 0. The number of alkyl halides is 3. The number of thiocarbonyl (C=S) groups is 1. The summed E-state index contributed by atoms with van der Waals surface area (Å²) in [7, 11) is 1.49. The van der Waals surface area contributed by atoms with Crippen LogP contribution in [-0.4, -0.2) is 53.3 Å². The summed E-state index contributed by atoms with van der Waals surface area (Å²) in [6.07, 6.45) is -4.24. The Morgan fingerprint density at radius 3 is 2.44 bits per heavy atom. The zero-order valence-corrected chi connectivity index (χ0v) is 10.0. The van der Waals surface area contributed by atoms with Crippen molar-refractivity contribution in [2.24, 2.45) is 0 Å². The molecule has 16 heavy (non-hydrogen) atoms. The average molecular weight is 257 g/mol. The second-order valence-electron chi connectivity index (χ2n) is 3.96. The first-order valence-electron chi connectivity index (χ1n) is 4.88. The van der Waals surface area contributed by atoms with Gasteiger partial charge in [-0.05, 0) is 26.2 Å². The van der Waals surface area contributed by atoms with Crippen molar-refractivity contribution in [3.63, 3.8) is 0 Å². The van der Waals surface area contributed by atoms with Gasteiger partial charge in [0.25, 0.3) is 0 Å². The SMILES string of the molecule is CC1CN(C(=S)N[NH3+])CC(C(F)(F)F)N1C. The summed E-state index contributed by atoms with van der Waals surface area (Å²) in [6, 6.07) is -1.69. The number of nitrogens with zero attached hydrogens (tertiary/aromatic N) is 2. The van der Waals surface area contributed by atoms with Crippen LogP contribution in [0.15, 0.2) is 0 Å². The minimum atomic E-state index is -4.24. The second kappa shape index (κ2) is 4.72. The van der Waals surface area contributed by atoms with Crippen molar-refractivity contribution >= 4 is 17.3 Å². The van der Waals surface area contributed by atoms with Crippen LogP contribution in [0.25, 0.3) is 0 Å². The fourth-order valence-corrected chi connectivity index (χ4v) is 1.93. The normalized spacial score (nSPS) is 28.0. The van der Waals surface area contributed by atoms with Gasteiger partial charge in [0, 0.05) is 19.1 Å². The predicted molar refractivity (Wildman–Crippen MR) is 57.3 cm³/mol. The van der Waals surface area contributed by atoms with Crippen molar-refractivity contribution in [2.75, 3.05) is 20.1 Å². The monoisotopic (exact) mass is 257 g/mol. The van der Waals surface area contributed by atoms with Crippen LogP contribution in [0.4, 0.5) is 13.2 Å². The summed E-state index contributed by atoms with van der Waals surface area (Å²) in [5.41, 5.74) is 2.46. The van der Waals surface area contributed by atoms with Gasteiger partial charge in [0.05, 0.1) is 0 Å². The minimum absolute atomic E-state index is 0.147. The number of likely N-dealkylation sites (N-methyl/N-ethyl adjacent to an activating group) is 1. The van der Waals surface area contributed by atoms with Gasteiger partial charge in [-0.25, -0.2) is 5.43 Å². The van der Waals surface area contributed by atoms with E-state index in [1.807, 2.05) is 0 Å². The summed E-state index contributed by atoms with van der Waals surface area (Å²) in [6.45, 7) is 2.08. The molecule has 1 saturated heterocycles. The van der Waals surface area contributed by atoms with Gasteiger partial charge in [-0.2, -0.15) is 13.2 Å². The van der Waals surface area contributed by atoms with Crippen molar-refractivity contribution in [3.8, 4) is 0 Å². The van der Waals surface area contributed by atoms with E-state index >= 15 is 0 Å². The molecule has 0 spiro atoms. The van der Waals surface area contributed by atoms with Crippen LogP contribution in [0, 0.1) is 0 Å². The Kier molecular flexibility index (Phi) is 3.97. The molecule has 1 aliphatic rings. The molecule has 1 heterocycles. The van der Waals surface area contributed by atoms with Gasteiger partial charge in [-0.1, -0.05) is 0 Å². The Morgan fingerprint density at radius 2 is 2.00 bits per heavy atom. The first-order valence-corrected chi connectivity index (χ1v) is 5.29. The van der Waals surface area contributed by atoms with Gasteiger partial charge in [0.15, 0.2) is 0 Å². The molecule has 1 rings (SSSR count). The molecule has 0 amide bonds. The van der Waals surface area contributed by atoms with E-state index in [1.54, 1.807) is 6.92 Å². The maximum Gasteiger partial charge on any atom is 0.405 e. The summed E-state index contributed by atoms with van der Waals surface area (Å²) >= 11 is 4.91. The van der Waals surface area contributed by atoms with Gasteiger partial charge < -0.3 is 4.90 Å². The summed E-state index contributed by atoms with van der Waals surface area (Å²) < 4.78 is 38.3. The molecule has 8 heteroatoms. The van der Waals surface area contributed by atoms with E-state index in [9.17, 15) is 13.2 Å². The average Bonchev–Trinajstić information content (AvgIpc) is 2.18. The molecule has 1 fully saturated rings. The van der Waals surface area contributed by atoms with Crippen molar-refractivity contribution < 1.29 is 19.0 Å². The van der Waals surface area contributed by atoms with Crippen molar-refractivity contribution in [3.05, 3.63) is 0 Å². The van der Waals surface area contributed by atoms with Gasteiger partial charge in [-0.15, -0.1) is 0 Å². The smallest absolute Gasteiger partial charge is 0.342 e. The molecule has 0 aromatic rings. The van der Waals surface area contributed by atoms with E-state index in [4.69, 9.17) is 12.2 Å². The molecular formula is C8H16F3N4S+. The van der Waals surface area contributed by atoms with E-state index in [0.717, 1.165) is 0 Å². The van der Waals surface area contributed by atoms with Gasteiger partial charge in [0.1, 0.15) is 6.04 Å². The van der Waals surface area contributed by atoms with Crippen molar-refractivity contribution in [1.29, 1.82) is 0 Å². The topological polar surface area (TPSA) is 46.1 Å². The highest BCUT2D eigenvalue weighted by atomic mass is 32.1. The van der Waals surface area contributed by atoms with Crippen LogP contribution in [0.5, 0.6) is 0 Å². The minimum Gasteiger partial charge on any atom is -0.342 e.